The molecule has 6 heteroatoms. The van der Waals surface area contributed by atoms with Gasteiger partial charge in [0.15, 0.2) is 5.65 Å². The Balaban J connectivity index is 1.78. The third kappa shape index (κ3) is 2.89. The maximum absolute atomic E-state index is 12.8. The van der Waals surface area contributed by atoms with Gasteiger partial charge < -0.3 is 0 Å². The number of fused-ring (bicyclic) bond motifs is 1. The van der Waals surface area contributed by atoms with Crippen molar-refractivity contribution in [1.29, 1.82) is 0 Å². The molecule has 0 aliphatic carbocycles. The van der Waals surface area contributed by atoms with Crippen LogP contribution in [0.1, 0.15) is 11.1 Å². The van der Waals surface area contributed by atoms with Gasteiger partial charge in [0.1, 0.15) is 11.7 Å². The van der Waals surface area contributed by atoms with Crippen LogP contribution in [0.4, 0.5) is 0 Å². The number of rotatable bonds is 3. The normalized spacial score (nSPS) is 11.1. The first-order valence-corrected chi connectivity index (χ1v) is 8.66. The summed E-state index contributed by atoms with van der Waals surface area (Å²) in [5, 5.41) is 4.86. The molecule has 0 fully saturated rings. The number of hydrogen-bond donors (Lipinski definition) is 0. The molecule has 0 atom stereocenters. The van der Waals surface area contributed by atoms with Crippen molar-refractivity contribution in [3.63, 3.8) is 0 Å². The van der Waals surface area contributed by atoms with Crippen molar-refractivity contribution in [3.05, 3.63) is 87.0 Å². The van der Waals surface area contributed by atoms with Crippen molar-refractivity contribution in [2.45, 2.75) is 13.5 Å². The minimum atomic E-state index is -0.0865. The summed E-state index contributed by atoms with van der Waals surface area (Å²) in [5.41, 5.74) is 3.60. The molecule has 124 valence electrons. The topological polar surface area (TPSA) is 52.7 Å². The highest BCUT2D eigenvalue weighted by atomic mass is 79.9. The molecule has 2 aromatic carbocycles. The summed E-state index contributed by atoms with van der Waals surface area (Å²) in [6.07, 6.45) is 3.18. The van der Waals surface area contributed by atoms with Gasteiger partial charge in [0.2, 0.25) is 0 Å². The standard InChI is InChI=1S/C19H15BrN4O/c1-13-4-2-3-5-14(13)11-23-12-21-18-17(19(23)25)10-22-24(18)16-8-6-15(20)7-9-16/h2-10,12H,11H2,1H3. The van der Waals surface area contributed by atoms with Gasteiger partial charge in [-0.3, -0.25) is 9.36 Å². The van der Waals surface area contributed by atoms with Crippen LogP contribution in [-0.2, 0) is 6.54 Å². The highest BCUT2D eigenvalue weighted by Crippen LogP contribution is 2.17. The largest absolute Gasteiger partial charge is 0.294 e. The van der Waals surface area contributed by atoms with E-state index in [2.05, 4.69) is 26.0 Å². The average Bonchev–Trinajstić information content (AvgIpc) is 3.05. The first-order valence-electron chi connectivity index (χ1n) is 7.87. The van der Waals surface area contributed by atoms with Crippen molar-refractivity contribution < 1.29 is 0 Å². The molecule has 4 aromatic rings. The van der Waals surface area contributed by atoms with Gasteiger partial charge in [-0.15, -0.1) is 0 Å². The van der Waals surface area contributed by atoms with Gasteiger partial charge in [-0.1, -0.05) is 40.2 Å². The Kier molecular flexibility index (Phi) is 3.97. The lowest BCUT2D eigenvalue weighted by Crippen LogP contribution is -2.21. The zero-order valence-corrected chi connectivity index (χ0v) is 15.1. The third-order valence-corrected chi connectivity index (χ3v) is 4.76. The van der Waals surface area contributed by atoms with E-state index < -0.39 is 0 Å². The highest BCUT2D eigenvalue weighted by molar-refractivity contribution is 9.10. The van der Waals surface area contributed by atoms with E-state index in [-0.39, 0.29) is 5.56 Å². The van der Waals surface area contributed by atoms with Crippen LogP contribution in [-0.4, -0.2) is 19.3 Å². The summed E-state index contributed by atoms with van der Waals surface area (Å²) in [5.74, 6) is 0. The molecule has 0 saturated carbocycles. The molecule has 5 nitrogen and oxygen atoms in total. The van der Waals surface area contributed by atoms with Gasteiger partial charge in [-0.05, 0) is 42.3 Å². The zero-order chi connectivity index (χ0) is 17.4. The van der Waals surface area contributed by atoms with Crippen LogP contribution in [0.2, 0.25) is 0 Å². The lowest BCUT2D eigenvalue weighted by atomic mass is 10.1. The van der Waals surface area contributed by atoms with Gasteiger partial charge in [0.25, 0.3) is 5.56 Å². The van der Waals surface area contributed by atoms with E-state index in [1.165, 1.54) is 0 Å². The molecular formula is C19H15BrN4O. The SMILES string of the molecule is Cc1ccccc1Cn1cnc2c(cnn2-c2ccc(Br)cc2)c1=O. The van der Waals surface area contributed by atoms with Crippen molar-refractivity contribution in [2.75, 3.05) is 0 Å². The zero-order valence-electron chi connectivity index (χ0n) is 13.6. The van der Waals surface area contributed by atoms with Crippen LogP contribution < -0.4 is 5.56 Å². The maximum atomic E-state index is 12.8. The third-order valence-electron chi connectivity index (χ3n) is 4.23. The molecule has 2 heterocycles. The number of aromatic nitrogens is 4. The molecule has 0 spiro atoms. The summed E-state index contributed by atoms with van der Waals surface area (Å²) in [6.45, 7) is 2.54. The summed E-state index contributed by atoms with van der Waals surface area (Å²) in [4.78, 5) is 17.3. The fourth-order valence-electron chi connectivity index (χ4n) is 2.80. The van der Waals surface area contributed by atoms with E-state index in [1.807, 2.05) is 55.5 Å². The second kappa shape index (κ2) is 6.29. The molecular weight excluding hydrogens is 380 g/mol. The van der Waals surface area contributed by atoms with E-state index in [4.69, 9.17) is 0 Å². The van der Waals surface area contributed by atoms with Crippen molar-refractivity contribution >= 4 is 27.0 Å². The second-order valence-corrected chi connectivity index (χ2v) is 6.79. The Morgan fingerprint density at radius 1 is 1.08 bits per heavy atom. The summed E-state index contributed by atoms with van der Waals surface area (Å²) < 4.78 is 4.29. The van der Waals surface area contributed by atoms with Crippen molar-refractivity contribution in [2.24, 2.45) is 0 Å². The monoisotopic (exact) mass is 394 g/mol. The quantitative estimate of drug-likeness (QED) is 0.532. The van der Waals surface area contributed by atoms with Crippen LogP contribution in [0.25, 0.3) is 16.7 Å². The van der Waals surface area contributed by atoms with Crippen LogP contribution in [0.5, 0.6) is 0 Å². The number of aryl methyl sites for hydroxylation is 1. The molecule has 0 radical (unpaired) electrons. The Bertz CT molecular complexity index is 1110. The number of benzene rings is 2. The van der Waals surface area contributed by atoms with Crippen LogP contribution in [0.15, 0.2) is 70.3 Å². The van der Waals surface area contributed by atoms with Crippen LogP contribution in [0.3, 0.4) is 0 Å². The Morgan fingerprint density at radius 2 is 1.84 bits per heavy atom. The predicted octanol–water partition coefficient (Wildman–Crippen LogP) is 3.70. The molecule has 0 aliphatic rings. The number of halogens is 1. The van der Waals surface area contributed by atoms with Crippen molar-refractivity contribution in [3.8, 4) is 5.69 Å². The molecule has 0 N–H and O–H groups in total. The maximum Gasteiger partial charge on any atom is 0.264 e. The van der Waals surface area contributed by atoms with Gasteiger partial charge in [-0.25, -0.2) is 9.67 Å². The van der Waals surface area contributed by atoms with E-state index in [9.17, 15) is 4.79 Å². The minimum absolute atomic E-state index is 0.0865. The molecule has 0 amide bonds. The summed E-state index contributed by atoms with van der Waals surface area (Å²) in [7, 11) is 0. The first-order chi connectivity index (χ1) is 12.1. The Hall–Kier alpha value is -2.73. The Labute approximate surface area is 152 Å². The van der Waals surface area contributed by atoms with Gasteiger partial charge in [0.05, 0.1) is 18.4 Å². The van der Waals surface area contributed by atoms with E-state index in [0.29, 0.717) is 17.6 Å². The van der Waals surface area contributed by atoms with Crippen molar-refractivity contribution in [1.82, 2.24) is 19.3 Å². The predicted molar refractivity (Wildman–Crippen MR) is 101 cm³/mol. The van der Waals surface area contributed by atoms with E-state index >= 15 is 0 Å². The van der Waals surface area contributed by atoms with Gasteiger partial charge in [-0.2, -0.15) is 5.10 Å². The summed E-state index contributed by atoms with van der Waals surface area (Å²) in [6, 6.07) is 15.8. The fourth-order valence-corrected chi connectivity index (χ4v) is 3.07. The lowest BCUT2D eigenvalue weighted by Gasteiger charge is -2.08. The number of hydrogen-bond acceptors (Lipinski definition) is 3. The fraction of sp³-hybridized carbons (Fsp3) is 0.105. The molecule has 0 unspecified atom stereocenters. The number of nitrogens with zero attached hydrogens (tertiary/aromatic N) is 4. The van der Waals surface area contributed by atoms with Crippen LogP contribution >= 0.6 is 15.9 Å². The molecule has 0 saturated heterocycles. The smallest absolute Gasteiger partial charge is 0.264 e. The first kappa shape index (κ1) is 15.8. The summed E-state index contributed by atoms with van der Waals surface area (Å²) >= 11 is 3.42. The van der Waals surface area contributed by atoms with Gasteiger partial charge >= 0.3 is 0 Å². The average molecular weight is 395 g/mol. The molecule has 2 aromatic heterocycles. The van der Waals surface area contributed by atoms with Gasteiger partial charge in [0, 0.05) is 4.47 Å². The minimum Gasteiger partial charge on any atom is -0.294 e. The molecule has 0 aliphatic heterocycles. The van der Waals surface area contributed by atoms with E-state index in [1.54, 1.807) is 21.8 Å². The molecule has 0 bridgehead atoms. The Morgan fingerprint density at radius 3 is 2.60 bits per heavy atom. The molecule has 4 rings (SSSR count). The molecule has 25 heavy (non-hydrogen) atoms. The highest BCUT2D eigenvalue weighted by Gasteiger charge is 2.12. The lowest BCUT2D eigenvalue weighted by molar-refractivity contribution is 0.742. The second-order valence-electron chi connectivity index (χ2n) is 5.87. The van der Waals surface area contributed by atoms with E-state index in [0.717, 1.165) is 21.3 Å². The van der Waals surface area contributed by atoms with Crippen LogP contribution in [0, 0.1) is 6.92 Å².